The molecule has 0 unspecified atom stereocenters. The molecule has 1 saturated carbocycles. The Kier molecular flexibility index (Phi) is 4.51. The topological polar surface area (TPSA) is 17.1 Å². The first-order chi connectivity index (χ1) is 9.41. The van der Waals surface area contributed by atoms with Gasteiger partial charge in [0.05, 0.1) is 5.56 Å². The van der Waals surface area contributed by atoms with Crippen molar-refractivity contribution in [2.75, 3.05) is 0 Å². The maximum absolute atomic E-state index is 13.6. The number of Topliss-reactive ketones (excluding diaryl/α,β-unsaturated/α-hetero) is 1. The predicted octanol–water partition coefficient (Wildman–Crippen LogP) is 4.75. The average molecular weight is 284 g/mol. The van der Waals surface area contributed by atoms with Crippen molar-refractivity contribution in [1.82, 2.24) is 0 Å². The summed E-state index contributed by atoms with van der Waals surface area (Å²) in [6, 6.07) is 1.86. The molecule has 0 aliphatic heterocycles. The van der Waals surface area contributed by atoms with Crippen LogP contribution < -0.4 is 0 Å². The number of carbonyl (C=O) groups excluding carboxylic acids is 1. The summed E-state index contributed by atoms with van der Waals surface area (Å²) in [6.07, 6.45) is 3.25. The number of halogens is 3. The number of carbonyl (C=O) groups is 1. The second-order valence-corrected chi connectivity index (χ2v) is 5.94. The molecule has 0 N–H and O–H groups in total. The highest BCUT2D eigenvalue weighted by molar-refractivity contribution is 5.98. The van der Waals surface area contributed by atoms with Crippen LogP contribution in [0.3, 0.4) is 0 Å². The van der Waals surface area contributed by atoms with E-state index in [1.807, 2.05) is 0 Å². The Morgan fingerprint density at radius 2 is 1.65 bits per heavy atom. The molecule has 0 atom stereocenters. The van der Waals surface area contributed by atoms with Crippen LogP contribution in [0.4, 0.5) is 13.2 Å². The van der Waals surface area contributed by atoms with Crippen molar-refractivity contribution in [3.8, 4) is 0 Å². The number of ketones is 1. The molecule has 20 heavy (non-hydrogen) atoms. The van der Waals surface area contributed by atoms with Crippen molar-refractivity contribution in [3.63, 3.8) is 0 Å². The third-order valence-electron chi connectivity index (χ3n) is 4.39. The van der Waals surface area contributed by atoms with Gasteiger partial charge < -0.3 is 0 Å². The molecule has 2 rings (SSSR count). The van der Waals surface area contributed by atoms with E-state index in [1.165, 1.54) is 0 Å². The lowest BCUT2D eigenvalue weighted by Crippen LogP contribution is -2.25. The second-order valence-electron chi connectivity index (χ2n) is 5.94. The molecular formula is C16H19F3O. The van der Waals surface area contributed by atoms with Gasteiger partial charge in [0.2, 0.25) is 0 Å². The van der Waals surface area contributed by atoms with Crippen LogP contribution in [0.25, 0.3) is 0 Å². The minimum absolute atomic E-state index is 0.274. The SMILES string of the molecule is CC(C)C1CCC(C(=O)c2ccc(F)c(F)c2F)CC1. The molecule has 110 valence electrons. The summed E-state index contributed by atoms with van der Waals surface area (Å²) in [5.74, 6) is -3.69. The molecule has 1 fully saturated rings. The van der Waals surface area contributed by atoms with Gasteiger partial charge in [0.15, 0.2) is 23.2 Å². The molecule has 1 aliphatic carbocycles. The Balaban J connectivity index is 2.12. The number of hydrogen-bond donors (Lipinski definition) is 0. The first-order valence-electron chi connectivity index (χ1n) is 7.09. The van der Waals surface area contributed by atoms with E-state index in [4.69, 9.17) is 0 Å². The van der Waals surface area contributed by atoms with Crippen molar-refractivity contribution >= 4 is 5.78 Å². The molecule has 0 radical (unpaired) electrons. The van der Waals surface area contributed by atoms with E-state index in [-0.39, 0.29) is 11.5 Å². The zero-order chi connectivity index (χ0) is 14.9. The number of benzene rings is 1. The molecule has 1 aromatic carbocycles. The molecule has 0 heterocycles. The zero-order valence-corrected chi connectivity index (χ0v) is 11.8. The van der Waals surface area contributed by atoms with Gasteiger partial charge in [-0.15, -0.1) is 0 Å². The highest BCUT2D eigenvalue weighted by Crippen LogP contribution is 2.35. The van der Waals surface area contributed by atoms with Crippen LogP contribution in [0, 0.1) is 35.2 Å². The van der Waals surface area contributed by atoms with Gasteiger partial charge in [-0.25, -0.2) is 13.2 Å². The number of hydrogen-bond acceptors (Lipinski definition) is 1. The quantitative estimate of drug-likeness (QED) is 0.578. The summed E-state index contributed by atoms with van der Waals surface area (Å²) < 4.78 is 39.7. The smallest absolute Gasteiger partial charge is 0.195 e. The first kappa shape index (κ1) is 15.1. The van der Waals surface area contributed by atoms with E-state index in [0.717, 1.165) is 25.0 Å². The summed E-state index contributed by atoms with van der Waals surface area (Å²) in [4.78, 5) is 12.2. The van der Waals surface area contributed by atoms with Crippen molar-refractivity contribution in [2.45, 2.75) is 39.5 Å². The molecule has 1 nitrogen and oxygen atoms in total. The van der Waals surface area contributed by atoms with Crippen LogP contribution in [0.15, 0.2) is 12.1 Å². The summed E-state index contributed by atoms with van der Waals surface area (Å²) in [6.45, 7) is 4.31. The van der Waals surface area contributed by atoms with E-state index in [2.05, 4.69) is 13.8 Å². The minimum Gasteiger partial charge on any atom is -0.294 e. The maximum Gasteiger partial charge on any atom is 0.195 e. The van der Waals surface area contributed by atoms with E-state index in [0.29, 0.717) is 24.7 Å². The van der Waals surface area contributed by atoms with Crippen LogP contribution >= 0.6 is 0 Å². The van der Waals surface area contributed by atoms with Gasteiger partial charge in [0.25, 0.3) is 0 Å². The monoisotopic (exact) mass is 284 g/mol. The van der Waals surface area contributed by atoms with Crippen LogP contribution in [-0.4, -0.2) is 5.78 Å². The summed E-state index contributed by atoms with van der Waals surface area (Å²) in [7, 11) is 0. The Bertz CT molecular complexity index is 503. The minimum atomic E-state index is -1.56. The molecular weight excluding hydrogens is 265 g/mol. The van der Waals surface area contributed by atoms with Crippen LogP contribution in [0.1, 0.15) is 49.9 Å². The Labute approximate surface area is 117 Å². The lowest BCUT2D eigenvalue weighted by Gasteiger charge is -2.30. The fraction of sp³-hybridized carbons (Fsp3) is 0.562. The Morgan fingerprint density at radius 1 is 1.05 bits per heavy atom. The predicted molar refractivity (Wildman–Crippen MR) is 70.9 cm³/mol. The van der Waals surface area contributed by atoms with Gasteiger partial charge in [-0.2, -0.15) is 0 Å². The van der Waals surface area contributed by atoms with Crippen molar-refractivity contribution < 1.29 is 18.0 Å². The lowest BCUT2D eigenvalue weighted by molar-refractivity contribution is 0.0853. The van der Waals surface area contributed by atoms with Gasteiger partial charge in [-0.05, 0) is 49.7 Å². The van der Waals surface area contributed by atoms with Crippen molar-refractivity contribution in [3.05, 3.63) is 35.1 Å². The van der Waals surface area contributed by atoms with Crippen LogP contribution in [-0.2, 0) is 0 Å². The zero-order valence-electron chi connectivity index (χ0n) is 11.8. The molecule has 0 amide bonds. The third kappa shape index (κ3) is 2.89. The molecule has 0 aromatic heterocycles. The average Bonchev–Trinajstić information content (AvgIpc) is 2.44. The fourth-order valence-electron chi connectivity index (χ4n) is 2.98. The molecule has 0 saturated heterocycles. The summed E-state index contributed by atoms with van der Waals surface area (Å²) in [5, 5.41) is 0. The Hall–Kier alpha value is -1.32. The van der Waals surface area contributed by atoms with Gasteiger partial charge in [0.1, 0.15) is 0 Å². The van der Waals surface area contributed by atoms with Gasteiger partial charge >= 0.3 is 0 Å². The lowest BCUT2D eigenvalue weighted by atomic mass is 9.75. The largest absolute Gasteiger partial charge is 0.294 e. The van der Waals surface area contributed by atoms with Gasteiger partial charge in [-0.3, -0.25) is 4.79 Å². The van der Waals surface area contributed by atoms with Gasteiger partial charge in [-0.1, -0.05) is 13.8 Å². The molecule has 0 spiro atoms. The first-order valence-corrected chi connectivity index (χ1v) is 7.09. The van der Waals surface area contributed by atoms with Gasteiger partial charge in [0, 0.05) is 5.92 Å². The van der Waals surface area contributed by atoms with E-state index in [9.17, 15) is 18.0 Å². The van der Waals surface area contributed by atoms with E-state index < -0.39 is 23.2 Å². The third-order valence-corrected chi connectivity index (χ3v) is 4.39. The van der Waals surface area contributed by atoms with E-state index >= 15 is 0 Å². The molecule has 1 aliphatic rings. The van der Waals surface area contributed by atoms with Crippen LogP contribution in [0.2, 0.25) is 0 Å². The molecule has 4 heteroatoms. The second kappa shape index (κ2) is 5.98. The van der Waals surface area contributed by atoms with Crippen LogP contribution in [0.5, 0.6) is 0 Å². The summed E-state index contributed by atoms with van der Waals surface area (Å²) >= 11 is 0. The Morgan fingerprint density at radius 3 is 2.20 bits per heavy atom. The van der Waals surface area contributed by atoms with Crippen molar-refractivity contribution in [1.29, 1.82) is 0 Å². The van der Waals surface area contributed by atoms with E-state index in [1.54, 1.807) is 0 Å². The highest BCUT2D eigenvalue weighted by Gasteiger charge is 2.30. The normalized spacial score (nSPS) is 23.1. The highest BCUT2D eigenvalue weighted by atomic mass is 19.2. The molecule has 1 aromatic rings. The number of rotatable bonds is 3. The summed E-state index contributed by atoms with van der Waals surface area (Å²) in [5.41, 5.74) is -0.322. The maximum atomic E-state index is 13.6. The standard InChI is InChI=1S/C16H19F3O/c1-9(2)10-3-5-11(6-4-10)16(20)12-7-8-13(17)15(19)14(12)18/h7-11H,3-6H2,1-2H3. The molecule has 0 bridgehead atoms. The van der Waals surface area contributed by atoms with Crippen molar-refractivity contribution in [2.24, 2.45) is 17.8 Å². The fourth-order valence-corrected chi connectivity index (χ4v) is 2.98.